The SMILES string of the molecule is CN=C(NCCCCC(C)C)NCc1ccc(O)c(F)c1.I. The molecule has 0 aliphatic heterocycles. The molecule has 0 fully saturated rings. The van der Waals surface area contributed by atoms with E-state index in [1.165, 1.54) is 25.0 Å². The number of nitrogens with one attached hydrogen (secondary N) is 2. The lowest BCUT2D eigenvalue weighted by Gasteiger charge is -2.12. The van der Waals surface area contributed by atoms with E-state index in [2.05, 4.69) is 29.5 Å². The lowest BCUT2D eigenvalue weighted by atomic mass is 10.1. The molecule has 22 heavy (non-hydrogen) atoms. The summed E-state index contributed by atoms with van der Waals surface area (Å²) in [5, 5.41) is 15.5. The molecule has 1 aromatic carbocycles. The van der Waals surface area contributed by atoms with Crippen molar-refractivity contribution in [3.05, 3.63) is 29.6 Å². The van der Waals surface area contributed by atoms with Gasteiger partial charge in [-0.1, -0.05) is 32.8 Å². The van der Waals surface area contributed by atoms with Crippen molar-refractivity contribution in [2.75, 3.05) is 13.6 Å². The molecule has 1 aromatic rings. The molecule has 6 heteroatoms. The van der Waals surface area contributed by atoms with Gasteiger partial charge in [-0.3, -0.25) is 4.99 Å². The van der Waals surface area contributed by atoms with Gasteiger partial charge in [0.15, 0.2) is 17.5 Å². The lowest BCUT2D eigenvalue weighted by molar-refractivity contribution is 0.431. The molecular weight excluding hydrogens is 396 g/mol. The Bertz CT molecular complexity index is 467. The highest BCUT2D eigenvalue weighted by Gasteiger charge is 2.03. The van der Waals surface area contributed by atoms with Crippen LogP contribution < -0.4 is 10.6 Å². The van der Waals surface area contributed by atoms with Crippen LogP contribution in [0.1, 0.15) is 38.7 Å². The topological polar surface area (TPSA) is 56.7 Å². The number of hydrogen-bond donors (Lipinski definition) is 3. The number of rotatable bonds is 7. The zero-order valence-corrected chi connectivity index (χ0v) is 15.9. The molecule has 0 spiro atoms. The molecule has 0 unspecified atom stereocenters. The van der Waals surface area contributed by atoms with Gasteiger partial charge in [0.2, 0.25) is 0 Å². The molecule has 0 atom stereocenters. The molecular formula is C16H27FIN3O. The van der Waals surface area contributed by atoms with Crippen molar-refractivity contribution in [2.24, 2.45) is 10.9 Å². The van der Waals surface area contributed by atoms with Crippen molar-refractivity contribution in [3.63, 3.8) is 0 Å². The molecule has 0 aromatic heterocycles. The standard InChI is InChI=1S/C16H26FN3O.HI/c1-12(2)6-4-5-9-19-16(18-3)20-11-13-7-8-15(21)14(17)10-13;/h7-8,10,12,21H,4-6,9,11H2,1-3H3,(H2,18,19,20);1H. The first-order valence-electron chi connectivity index (χ1n) is 7.45. The van der Waals surface area contributed by atoms with Gasteiger partial charge in [-0.15, -0.1) is 24.0 Å². The number of nitrogens with zero attached hydrogens (tertiary/aromatic N) is 1. The summed E-state index contributed by atoms with van der Waals surface area (Å²) in [4.78, 5) is 4.13. The van der Waals surface area contributed by atoms with Crippen LogP contribution in [-0.2, 0) is 6.54 Å². The molecule has 3 N–H and O–H groups in total. The minimum absolute atomic E-state index is 0. The van der Waals surface area contributed by atoms with Crippen molar-refractivity contribution in [1.82, 2.24) is 10.6 Å². The average molecular weight is 423 g/mol. The van der Waals surface area contributed by atoms with Crippen molar-refractivity contribution in [2.45, 2.75) is 39.7 Å². The predicted octanol–water partition coefficient (Wildman–Crippen LogP) is 3.64. The largest absolute Gasteiger partial charge is 0.505 e. The fraction of sp³-hybridized carbons (Fsp3) is 0.562. The lowest BCUT2D eigenvalue weighted by Crippen LogP contribution is -2.37. The van der Waals surface area contributed by atoms with Crippen LogP contribution in [0.3, 0.4) is 0 Å². The number of halogens is 2. The van der Waals surface area contributed by atoms with E-state index in [1.54, 1.807) is 13.1 Å². The predicted molar refractivity (Wildman–Crippen MR) is 100 cm³/mol. The zero-order valence-electron chi connectivity index (χ0n) is 13.5. The minimum Gasteiger partial charge on any atom is -0.505 e. The summed E-state index contributed by atoms with van der Waals surface area (Å²) in [5.41, 5.74) is 0.757. The van der Waals surface area contributed by atoms with Gasteiger partial charge in [-0.25, -0.2) is 4.39 Å². The van der Waals surface area contributed by atoms with Crippen LogP contribution in [-0.4, -0.2) is 24.7 Å². The van der Waals surface area contributed by atoms with E-state index in [0.717, 1.165) is 24.4 Å². The van der Waals surface area contributed by atoms with Gasteiger partial charge in [0.05, 0.1) is 0 Å². The second-order valence-corrected chi connectivity index (χ2v) is 5.53. The molecule has 4 nitrogen and oxygen atoms in total. The van der Waals surface area contributed by atoms with E-state index >= 15 is 0 Å². The first-order valence-corrected chi connectivity index (χ1v) is 7.45. The van der Waals surface area contributed by atoms with Gasteiger partial charge >= 0.3 is 0 Å². The molecule has 126 valence electrons. The number of unbranched alkanes of at least 4 members (excludes halogenated alkanes) is 1. The van der Waals surface area contributed by atoms with Crippen molar-refractivity contribution in [1.29, 1.82) is 0 Å². The zero-order chi connectivity index (χ0) is 15.7. The Morgan fingerprint density at radius 2 is 2.00 bits per heavy atom. The first kappa shape index (κ1) is 20.9. The van der Waals surface area contributed by atoms with Gasteiger partial charge in [-0.05, 0) is 30.0 Å². The molecule has 0 aliphatic carbocycles. The number of aromatic hydroxyl groups is 1. The molecule has 1 rings (SSSR count). The molecule has 0 aliphatic rings. The highest BCUT2D eigenvalue weighted by Crippen LogP contribution is 2.15. The summed E-state index contributed by atoms with van der Waals surface area (Å²) in [6, 6.07) is 4.36. The van der Waals surface area contributed by atoms with E-state index in [-0.39, 0.29) is 29.7 Å². The Morgan fingerprint density at radius 3 is 2.59 bits per heavy atom. The number of phenolic OH excluding ortho intramolecular Hbond substituents is 1. The van der Waals surface area contributed by atoms with Gasteiger partial charge in [0.25, 0.3) is 0 Å². The molecule has 0 saturated heterocycles. The fourth-order valence-electron chi connectivity index (χ4n) is 1.95. The highest BCUT2D eigenvalue weighted by atomic mass is 127. The monoisotopic (exact) mass is 423 g/mol. The number of hydrogen-bond acceptors (Lipinski definition) is 2. The number of aliphatic imine (C=N–C) groups is 1. The maximum atomic E-state index is 13.2. The van der Waals surface area contributed by atoms with Crippen molar-refractivity contribution < 1.29 is 9.50 Å². The van der Waals surface area contributed by atoms with E-state index in [9.17, 15) is 4.39 Å². The Labute approximate surface area is 149 Å². The second-order valence-electron chi connectivity index (χ2n) is 5.53. The summed E-state index contributed by atoms with van der Waals surface area (Å²) in [7, 11) is 1.71. The third kappa shape index (κ3) is 8.41. The van der Waals surface area contributed by atoms with Gasteiger partial charge < -0.3 is 15.7 Å². The summed E-state index contributed by atoms with van der Waals surface area (Å²) < 4.78 is 13.2. The van der Waals surface area contributed by atoms with Crippen LogP contribution >= 0.6 is 24.0 Å². The van der Waals surface area contributed by atoms with E-state index in [0.29, 0.717) is 12.5 Å². The molecule has 0 radical (unpaired) electrons. The Hall–Kier alpha value is -1.05. The maximum Gasteiger partial charge on any atom is 0.191 e. The van der Waals surface area contributed by atoms with Crippen molar-refractivity contribution in [3.8, 4) is 5.75 Å². The van der Waals surface area contributed by atoms with E-state index in [1.807, 2.05) is 0 Å². The normalized spacial score (nSPS) is 11.2. The number of phenols is 1. The third-order valence-corrected chi connectivity index (χ3v) is 3.20. The van der Waals surface area contributed by atoms with E-state index < -0.39 is 5.82 Å². The van der Waals surface area contributed by atoms with Crippen LogP contribution in [0.5, 0.6) is 5.75 Å². The third-order valence-electron chi connectivity index (χ3n) is 3.20. The van der Waals surface area contributed by atoms with Crippen molar-refractivity contribution >= 4 is 29.9 Å². The fourth-order valence-corrected chi connectivity index (χ4v) is 1.95. The van der Waals surface area contributed by atoms with Crippen LogP contribution in [0.2, 0.25) is 0 Å². The quantitative estimate of drug-likeness (QED) is 0.272. The van der Waals surface area contributed by atoms with E-state index in [4.69, 9.17) is 5.11 Å². The Balaban J connectivity index is 0.00000441. The highest BCUT2D eigenvalue weighted by molar-refractivity contribution is 14.0. The van der Waals surface area contributed by atoms with Crippen LogP contribution in [0, 0.1) is 11.7 Å². The second kappa shape index (κ2) is 11.5. The molecule has 0 bridgehead atoms. The Kier molecular flexibility index (Phi) is 11.0. The maximum absolute atomic E-state index is 13.2. The number of benzene rings is 1. The minimum atomic E-state index is -0.606. The van der Waals surface area contributed by atoms with Gasteiger partial charge in [0, 0.05) is 20.1 Å². The number of guanidine groups is 1. The average Bonchev–Trinajstić information content (AvgIpc) is 2.45. The summed E-state index contributed by atoms with van der Waals surface area (Å²) >= 11 is 0. The molecule has 0 amide bonds. The summed E-state index contributed by atoms with van der Waals surface area (Å²) in [6.45, 7) is 5.79. The van der Waals surface area contributed by atoms with Crippen LogP contribution in [0.15, 0.2) is 23.2 Å². The summed E-state index contributed by atoms with van der Waals surface area (Å²) in [5.74, 6) is 0.511. The van der Waals surface area contributed by atoms with Crippen LogP contribution in [0.25, 0.3) is 0 Å². The first-order chi connectivity index (χ1) is 10.0. The smallest absolute Gasteiger partial charge is 0.191 e. The van der Waals surface area contributed by atoms with Crippen LogP contribution in [0.4, 0.5) is 4.39 Å². The Morgan fingerprint density at radius 1 is 1.27 bits per heavy atom. The molecule has 0 heterocycles. The van der Waals surface area contributed by atoms with Gasteiger partial charge in [-0.2, -0.15) is 0 Å². The molecule has 0 saturated carbocycles. The summed E-state index contributed by atoms with van der Waals surface area (Å²) in [6.07, 6.45) is 3.54. The van der Waals surface area contributed by atoms with Gasteiger partial charge in [0.1, 0.15) is 0 Å².